The lowest BCUT2D eigenvalue weighted by Gasteiger charge is -2.05. The van der Waals surface area contributed by atoms with E-state index in [4.69, 9.17) is 10.5 Å². The molecule has 3 nitrogen and oxygen atoms in total. The highest BCUT2D eigenvalue weighted by Crippen LogP contribution is 2.16. The summed E-state index contributed by atoms with van der Waals surface area (Å²) in [6.07, 6.45) is 0. The standard InChI is InChI=1S/C9H10NO2/c1-7(11)6-12-9-4-2-8(10)3-5-9/h2-5,10H,6H2,1H3/q-1. The predicted molar refractivity (Wildman–Crippen MR) is 46.6 cm³/mol. The molecule has 0 amide bonds. The van der Waals surface area contributed by atoms with E-state index in [2.05, 4.69) is 0 Å². The maximum Gasteiger partial charge on any atom is 0.167 e. The molecule has 0 fully saturated rings. The van der Waals surface area contributed by atoms with Gasteiger partial charge in [0.15, 0.2) is 5.78 Å². The van der Waals surface area contributed by atoms with E-state index < -0.39 is 0 Å². The zero-order valence-electron chi connectivity index (χ0n) is 6.83. The minimum Gasteiger partial charge on any atom is -0.699 e. The van der Waals surface area contributed by atoms with Crippen molar-refractivity contribution < 1.29 is 9.53 Å². The molecule has 0 aromatic heterocycles. The zero-order chi connectivity index (χ0) is 8.97. The summed E-state index contributed by atoms with van der Waals surface area (Å²) < 4.78 is 5.09. The smallest absolute Gasteiger partial charge is 0.167 e. The van der Waals surface area contributed by atoms with Gasteiger partial charge in [-0.1, -0.05) is 12.1 Å². The van der Waals surface area contributed by atoms with Crippen molar-refractivity contribution in [3.8, 4) is 5.75 Å². The van der Waals surface area contributed by atoms with Crippen molar-refractivity contribution in [3.63, 3.8) is 0 Å². The lowest BCUT2D eigenvalue weighted by atomic mass is 10.3. The van der Waals surface area contributed by atoms with Gasteiger partial charge in [0.05, 0.1) is 0 Å². The van der Waals surface area contributed by atoms with Crippen molar-refractivity contribution in [1.82, 2.24) is 0 Å². The molecule has 12 heavy (non-hydrogen) atoms. The van der Waals surface area contributed by atoms with Gasteiger partial charge in [-0.2, -0.15) is 0 Å². The molecule has 0 bridgehead atoms. The molecule has 3 heteroatoms. The van der Waals surface area contributed by atoms with Gasteiger partial charge in [0.25, 0.3) is 0 Å². The summed E-state index contributed by atoms with van der Waals surface area (Å²) in [6.45, 7) is 1.57. The zero-order valence-corrected chi connectivity index (χ0v) is 6.83. The Morgan fingerprint density at radius 3 is 2.50 bits per heavy atom. The SMILES string of the molecule is CC(=O)COc1ccc([NH-])cc1. The number of carbonyl (C=O) groups is 1. The Labute approximate surface area is 71.1 Å². The normalized spacial score (nSPS) is 9.42. The summed E-state index contributed by atoms with van der Waals surface area (Å²) in [5.74, 6) is 0.617. The number of rotatable bonds is 3. The van der Waals surface area contributed by atoms with Crippen LogP contribution in [-0.2, 0) is 4.79 Å². The molecule has 1 aromatic rings. The third-order valence-corrected chi connectivity index (χ3v) is 1.30. The Hall–Kier alpha value is -1.51. The van der Waals surface area contributed by atoms with Gasteiger partial charge in [0, 0.05) is 0 Å². The second kappa shape index (κ2) is 3.76. The Morgan fingerprint density at radius 2 is 2.00 bits per heavy atom. The van der Waals surface area contributed by atoms with Crippen LogP contribution in [0, 0.1) is 0 Å². The molecule has 0 saturated heterocycles. The summed E-state index contributed by atoms with van der Waals surface area (Å²) in [4.78, 5) is 10.5. The molecule has 1 N–H and O–H groups in total. The fourth-order valence-corrected chi connectivity index (χ4v) is 0.736. The molecule has 1 aromatic carbocycles. The molecule has 0 aliphatic heterocycles. The number of hydrogen-bond donors (Lipinski definition) is 0. The van der Waals surface area contributed by atoms with Gasteiger partial charge < -0.3 is 10.5 Å². The molecule has 1 rings (SSSR count). The molecule has 0 aliphatic carbocycles. The molecule has 64 valence electrons. The highest BCUT2D eigenvalue weighted by molar-refractivity contribution is 5.77. The van der Waals surface area contributed by atoms with Crippen molar-refractivity contribution in [2.24, 2.45) is 0 Å². The lowest BCUT2D eigenvalue weighted by Crippen LogP contribution is -2.06. The van der Waals surface area contributed by atoms with E-state index in [0.717, 1.165) is 0 Å². The van der Waals surface area contributed by atoms with Gasteiger partial charge in [0.2, 0.25) is 0 Å². The van der Waals surface area contributed by atoms with Crippen LogP contribution >= 0.6 is 0 Å². The molecule has 0 aliphatic rings. The van der Waals surface area contributed by atoms with Crippen LogP contribution in [0.4, 0.5) is 5.69 Å². The Morgan fingerprint density at radius 1 is 1.42 bits per heavy atom. The first-order chi connectivity index (χ1) is 5.68. The largest absolute Gasteiger partial charge is 0.699 e. The number of hydrogen-bond acceptors (Lipinski definition) is 2. The summed E-state index contributed by atoms with van der Waals surface area (Å²) in [5.41, 5.74) is 7.62. The molecular weight excluding hydrogens is 154 g/mol. The van der Waals surface area contributed by atoms with Crippen molar-refractivity contribution in [2.45, 2.75) is 6.92 Å². The van der Waals surface area contributed by atoms with Gasteiger partial charge >= 0.3 is 0 Å². The summed E-state index contributed by atoms with van der Waals surface area (Å²) >= 11 is 0. The number of carbonyl (C=O) groups excluding carboxylic acids is 1. The van der Waals surface area contributed by atoms with Crippen LogP contribution in [0.1, 0.15) is 6.92 Å². The highest BCUT2D eigenvalue weighted by Gasteiger charge is 1.94. The van der Waals surface area contributed by atoms with Crippen LogP contribution in [0.2, 0.25) is 0 Å². The van der Waals surface area contributed by atoms with Crippen molar-refractivity contribution in [2.75, 3.05) is 6.61 Å². The van der Waals surface area contributed by atoms with Crippen LogP contribution in [-0.4, -0.2) is 12.4 Å². The average molecular weight is 164 g/mol. The fourth-order valence-electron chi connectivity index (χ4n) is 0.736. The number of ether oxygens (including phenoxy) is 1. The Bertz CT molecular complexity index is 266. The molecule has 0 heterocycles. The van der Waals surface area contributed by atoms with E-state index in [1.54, 1.807) is 24.3 Å². The van der Waals surface area contributed by atoms with E-state index >= 15 is 0 Å². The third-order valence-electron chi connectivity index (χ3n) is 1.30. The highest BCUT2D eigenvalue weighted by atomic mass is 16.5. The average Bonchev–Trinajstić information content (AvgIpc) is 2.03. The Balaban J connectivity index is 2.53. The van der Waals surface area contributed by atoms with E-state index in [1.165, 1.54) is 6.92 Å². The summed E-state index contributed by atoms with van der Waals surface area (Å²) in [7, 11) is 0. The quantitative estimate of drug-likeness (QED) is 0.688. The fraction of sp³-hybridized carbons (Fsp3) is 0.222. The van der Waals surface area contributed by atoms with Gasteiger partial charge in [-0.05, 0) is 19.1 Å². The molecule has 0 saturated carbocycles. The van der Waals surface area contributed by atoms with Crippen LogP contribution in [0.3, 0.4) is 0 Å². The minimum absolute atomic E-state index is 0.00931. The molecule has 0 atom stereocenters. The summed E-state index contributed by atoms with van der Waals surface area (Å²) in [6, 6.07) is 6.58. The van der Waals surface area contributed by atoms with Crippen LogP contribution < -0.4 is 4.74 Å². The first-order valence-corrected chi connectivity index (χ1v) is 3.62. The second-order valence-electron chi connectivity index (χ2n) is 2.52. The molecule has 0 unspecified atom stereocenters. The predicted octanol–water partition coefficient (Wildman–Crippen LogP) is 2.34. The number of nitrogens with one attached hydrogen (secondary N) is 1. The first-order valence-electron chi connectivity index (χ1n) is 3.62. The summed E-state index contributed by atoms with van der Waals surface area (Å²) in [5, 5.41) is 0. The monoisotopic (exact) mass is 164 g/mol. The van der Waals surface area contributed by atoms with Gasteiger partial charge in [-0.25, -0.2) is 0 Å². The number of ketones is 1. The van der Waals surface area contributed by atoms with Crippen molar-refractivity contribution >= 4 is 11.5 Å². The Kier molecular flexibility index (Phi) is 2.69. The van der Waals surface area contributed by atoms with Crippen LogP contribution in [0.5, 0.6) is 5.75 Å². The van der Waals surface area contributed by atoms with Gasteiger partial charge in [-0.15, -0.1) is 5.69 Å². The maximum absolute atomic E-state index is 10.5. The van der Waals surface area contributed by atoms with Crippen LogP contribution in [0.15, 0.2) is 24.3 Å². The van der Waals surface area contributed by atoms with Crippen molar-refractivity contribution in [1.29, 1.82) is 0 Å². The molecular formula is C9H10NO2-. The van der Waals surface area contributed by atoms with Gasteiger partial charge in [0.1, 0.15) is 12.4 Å². The van der Waals surface area contributed by atoms with E-state index in [1.807, 2.05) is 0 Å². The second-order valence-corrected chi connectivity index (χ2v) is 2.52. The minimum atomic E-state index is -0.00931. The number of benzene rings is 1. The van der Waals surface area contributed by atoms with Gasteiger partial charge in [-0.3, -0.25) is 4.79 Å². The topological polar surface area (TPSA) is 50.1 Å². The molecule has 0 radical (unpaired) electrons. The molecule has 0 spiro atoms. The first kappa shape index (κ1) is 8.59. The third kappa shape index (κ3) is 2.62. The van der Waals surface area contributed by atoms with E-state index in [9.17, 15) is 4.79 Å². The van der Waals surface area contributed by atoms with E-state index in [0.29, 0.717) is 11.4 Å². The lowest BCUT2D eigenvalue weighted by molar-refractivity contribution is -0.118. The van der Waals surface area contributed by atoms with Crippen LogP contribution in [0.25, 0.3) is 5.73 Å². The maximum atomic E-state index is 10.5. The van der Waals surface area contributed by atoms with Crippen molar-refractivity contribution in [3.05, 3.63) is 30.0 Å². The number of Topliss-reactive ketones (excluding diaryl/α,β-unsaturated/α-hetero) is 1. The van der Waals surface area contributed by atoms with E-state index in [-0.39, 0.29) is 12.4 Å².